The summed E-state index contributed by atoms with van der Waals surface area (Å²) in [4.78, 5) is 14.0. The summed E-state index contributed by atoms with van der Waals surface area (Å²) in [6, 6.07) is 3.30. The molecule has 0 atom stereocenters. The molecule has 0 radical (unpaired) electrons. The van der Waals surface area contributed by atoms with E-state index in [2.05, 4.69) is 0 Å². The molecule has 0 heterocycles. The van der Waals surface area contributed by atoms with Crippen molar-refractivity contribution in [3.63, 3.8) is 0 Å². The van der Waals surface area contributed by atoms with Crippen molar-refractivity contribution in [3.05, 3.63) is 22.7 Å². The first-order chi connectivity index (χ1) is 9.52. The second-order valence-corrected chi connectivity index (χ2v) is 5.83. The van der Waals surface area contributed by atoms with E-state index >= 15 is 0 Å². The van der Waals surface area contributed by atoms with Crippen molar-refractivity contribution in [1.29, 1.82) is 0 Å². The number of ether oxygens (including phenoxy) is 1. The summed E-state index contributed by atoms with van der Waals surface area (Å²) in [5.74, 6) is 0.256. The number of rotatable bonds is 4. The van der Waals surface area contributed by atoms with Crippen LogP contribution >= 0.6 is 11.6 Å². The average Bonchev–Trinajstić information content (AvgIpc) is 2.89. The number of nitrogen functional groups attached to an aromatic ring is 1. The van der Waals surface area contributed by atoms with Crippen molar-refractivity contribution in [2.24, 2.45) is 5.92 Å². The Morgan fingerprint density at radius 1 is 1.45 bits per heavy atom. The standard InChI is InChI=1S/C15H21ClN2O2/c1-18(9-10-5-3-4-6-10)14-12(15(19)20-2)7-11(17)8-13(14)16/h7-8,10H,3-6,9,17H2,1-2H3. The van der Waals surface area contributed by atoms with Crippen LogP contribution in [0.4, 0.5) is 11.4 Å². The van der Waals surface area contributed by atoms with Gasteiger partial charge in [0.15, 0.2) is 0 Å². The summed E-state index contributed by atoms with van der Waals surface area (Å²) in [5, 5.41) is 0.492. The smallest absolute Gasteiger partial charge is 0.340 e. The van der Waals surface area contributed by atoms with Crippen LogP contribution in [0.15, 0.2) is 12.1 Å². The monoisotopic (exact) mass is 296 g/mol. The molecule has 0 saturated heterocycles. The third kappa shape index (κ3) is 3.18. The Bertz CT molecular complexity index is 499. The largest absolute Gasteiger partial charge is 0.465 e. The lowest BCUT2D eigenvalue weighted by Crippen LogP contribution is -2.26. The Labute approximate surface area is 124 Å². The zero-order chi connectivity index (χ0) is 14.7. The fourth-order valence-electron chi connectivity index (χ4n) is 2.95. The summed E-state index contributed by atoms with van der Waals surface area (Å²) >= 11 is 6.29. The number of hydrogen-bond acceptors (Lipinski definition) is 4. The number of esters is 1. The fraction of sp³-hybridized carbons (Fsp3) is 0.533. The van der Waals surface area contributed by atoms with Gasteiger partial charge < -0.3 is 15.4 Å². The molecule has 20 heavy (non-hydrogen) atoms. The number of nitrogens with two attached hydrogens (primary N) is 1. The lowest BCUT2D eigenvalue weighted by molar-refractivity contribution is 0.0601. The van der Waals surface area contributed by atoms with Gasteiger partial charge in [-0.1, -0.05) is 24.4 Å². The van der Waals surface area contributed by atoms with Gasteiger partial charge in [0, 0.05) is 19.3 Å². The molecule has 110 valence electrons. The number of nitrogens with zero attached hydrogens (tertiary/aromatic N) is 1. The Morgan fingerprint density at radius 2 is 2.10 bits per heavy atom. The van der Waals surface area contributed by atoms with E-state index in [0.29, 0.717) is 27.9 Å². The van der Waals surface area contributed by atoms with Crippen LogP contribution in [0, 0.1) is 5.92 Å². The average molecular weight is 297 g/mol. The molecule has 1 fully saturated rings. The van der Waals surface area contributed by atoms with Gasteiger partial charge in [0.2, 0.25) is 0 Å². The number of hydrogen-bond donors (Lipinski definition) is 1. The van der Waals surface area contributed by atoms with E-state index in [1.54, 1.807) is 12.1 Å². The van der Waals surface area contributed by atoms with Crippen LogP contribution in [0.25, 0.3) is 0 Å². The molecule has 0 spiro atoms. The Hall–Kier alpha value is -1.42. The van der Waals surface area contributed by atoms with Gasteiger partial charge in [0.05, 0.1) is 23.4 Å². The van der Waals surface area contributed by atoms with Gasteiger partial charge in [-0.2, -0.15) is 0 Å². The van der Waals surface area contributed by atoms with Crippen molar-refractivity contribution in [1.82, 2.24) is 0 Å². The van der Waals surface area contributed by atoms with Gasteiger partial charge in [-0.15, -0.1) is 0 Å². The van der Waals surface area contributed by atoms with Crippen LogP contribution in [0.3, 0.4) is 0 Å². The summed E-state index contributed by atoms with van der Waals surface area (Å²) < 4.78 is 4.83. The molecule has 1 aliphatic carbocycles. The highest BCUT2D eigenvalue weighted by Crippen LogP contribution is 2.34. The molecule has 4 nitrogen and oxygen atoms in total. The van der Waals surface area contributed by atoms with Crippen LogP contribution in [0.1, 0.15) is 36.0 Å². The van der Waals surface area contributed by atoms with E-state index in [-0.39, 0.29) is 0 Å². The number of benzene rings is 1. The predicted octanol–water partition coefficient (Wildman–Crippen LogP) is 3.34. The second kappa shape index (κ2) is 6.35. The highest BCUT2D eigenvalue weighted by atomic mass is 35.5. The van der Waals surface area contributed by atoms with Gasteiger partial charge in [-0.25, -0.2) is 4.79 Å². The first kappa shape index (κ1) is 15.0. The maximum absolute atomic E-state index is 11.9. The first-order valence-corrected chi connectivity index (χ1v) is 7.29. The van der Waals surface area contributed by atoms with Crippen molar-refractivity contribution >= 4 is 28.9 Å². The van der Waals surface area contributed by atoms with Crippen LogP contribution in [-0.2, 0) is 4.74 Å². The Morgan fingerprint density at radius 3 is 2.70 bits per heavy atom. The quantitative estimate of drug-likeness (QED) is 0.684. The maximum Gasteiger partial charge on any atom is 0.340 e. The summed E-state index contributed by atoms with van der Waals surface area (Å²) in [6.07, 6.45) is 5.06. The lowest BCUT2D eigenvalue weighted by Gasteiger charge is -2.26. The van der Waals surface area contributed by atoms with Crippen molar-refractivity contribution in [2.75, 3.05) is 31.3 Å². The molecule has 2 N–H and O–H groups in total. The minimum atomic E-state index is -0.410. The molecule has 1 saturated carbocycles. The molecular weight excluding hydrogens is 276 g/mol. The van der Waals surface area contributed by atoms with E-state index in [1.165, 1.54) is 32.8 Å². The number of methoxy groups -OCH3 is 1. The summed E-state index contributed by atoms with van der Waals surface area (Å²) in [5.41, 5.74) is 7.38. The van der Waals surface area contributed by atoms with Gasteiger partial charge >= 0.3 is 5.97 Å². The highest BCUT2D eigenvalue weighted by molar-refractivity contribution is 6.34. The van der Waals surface area contributed by atoms with Gasteiger partial charge in [-0.3, -0.25) is 0 Å². The van der Waals surface area contributed by atoms with Crippen LogP contribution < -0.4 is 10.6 Å². The first-order valence-electron chi connectivity index (χ1n) is 6.91. The maximum atomic E-state index is 11.9. The minimum absolute atomic E-state index is 0.410. The molecule has 0 unspecified atom stereocenters. The normalized spacial score (nSPS) is 15.3. The van der Waals surface area contributed by atoms with Gasteiger partial charge in [0.25, 0.3) is 0 Å². The van der Waals surface area contributed by atoms with Crippen molar-refractivity contribution in [3.8, 4) is 0 Å². The third-order valence-corrected chi connectivity index (χ3v) is 4.17. The Kier molecular flexibility index (Phi) is 4.76. The molecule has 1 aromatic rings. The zero-order valence-electron chi connectivity index (χ0n) is 12.0. The summed E-state index contributed by atoms with van der Waals surface area (Å²) in [6.45, 7) is 0.896. The van der Waals surface area contributed by atoms with Crippen LogP contribution in [-0.4, -0.2) is 26.7 Å². The number of carbonyl (C=O) groups excluding carboxylic acids is 1. The number of anilines is 2. The van der Waals surface area contributed by atoms with E-state index in [9.17, 15) is 4.79 Å². The molecule has 1 aliphatic rings. The van der Waals surface area contributed by atoms with E-state index < -0.39 is 5.97 Å². The molecule has 5 heteroatoms. The van der Waals surface area contributed by atoms with Crippen LogP contribution in [0.5, 0.6) is 0 Å². The SMILES string of the molecule is COC(=O)c1cc(N)cc(Cl)c1N(C)CC1CCCC1. The molecule has 0 aromatic heterocycles. The van der Waals surface area contributed by atoms with Crippen molar-refractivity contribution in [2.45, 2.75) is 25.7 Å². The molecule has 2 rings (SSSR count). The topological polar surface area (TPSA) is 55.6 Å². The Balaban J connectivity index is 2.30. The third-order valence-electron chi connectivity index (χ3n) is 3.88. The molecular formula is C15H21ClN2O2. The molecule has 0 bridgehead atoms. The zero-order valence-corrected chi connectivity index (χ0v) is 12.7. The lowest BCUT2D eigenvalue weighted by atomic mass is 10.1. The van der Waals surface area contributed by atoms with Crippen molar-refractivity contribution < 1.29 is 9.53 Å². The fourth-order valence-corrected chi connectivity index (χ4v) is 3.32. The molecule has 0 aliphatic heterocycles. The van der Waals surface area contributed by atoms with Gasteiger partial charge in [-0.05, 0) is 30.9 Å². The van der Waals surface area contributed by atoms with E-state index in [0.717, 1.165) is 6.54 Å². The van der Waals surface area contributed by atoms with E-state index in [4.69, 9.17) is 22.1 Å². The highest BCUT2D eigenvalue weighted by Gasteiger charge is 2.23. The predicted molar refractivity (Wildman–Crippen MR) is 82.4 cm³/mol. The molecule has 1 aromatic carbocycles. The number of halogens is 1. The summed E-state index contributed by atoms with van der Waals surface area (Å²) in [7, 11) is 3.32. The van der Waals surface area contributed by atoms with Gasteiger partial charge in [0.1, 0.15) is 0 Å². The number of carbonyl (C=O) groups is 1. The second-order valence-electron chi connectivity index (χ2n) is 5.42. The van der Waals surface area contributed by atoms with E-state index in [1.807, 2.05) is 11.9 Å². The molecule has 0 amide bonds. The minimum Gasteiger partial charge on any atom is -0.465 e. The van der Waals surface area contributed by atoms with Crippen LogP contribution in [0.2, 0.25) is 5.02 Å².